The predicted molar refractivity (Wildman–Crippen MR) is 186 cm³/mol. The molecule has 1 aliphatic rings. The van der Waals surface area contributed by atoms with Gasteiger partial charge in [0.05, 0.1) is 32.2 Å². The highest BCUT2D eigenvalue weighted by molar-refractivity contribution is 7.85. The molecule has 0 aliphatic heterocycles. The summed E-state index contributed by atoms with van der Waals surface area (Å²) in [5.41, 5.74) is 1.04. The van der Waals surface area contributed by atoms with Crippen LogP contribution in [0.25, 0.3) is 0 Å². The third-order valence-corrected chi connectivity index (χ3v) is 18.8. The Bertz CT molecular complexity index is 1670. The molecule has 4 rings (SSSR count). The van der Waals surface area contributed by atoms with Crippen LogP contribution in [0.1, 0.15) is 69.6 Å². The number of hydrogen-bond donors (Lipinski definition) is 2. The van der Waals surface area contributed by atoms with Gasteiger partial charge in [0.1, 0.15) is 22.6 Å². The summed E-state index contributed by atoms with van der Waals surface area (Å²) in [5.74, 6) is -0.116. The number of rotatable bonds is 14. The minimum atomic E-state index is -4.00. The van der Waals surface area contributed by atoms with Crippen LogP contribution in [0.2, 0.25) is 26.0 Å². The smallest absolute Gasteiger partial charge is 0.335 e. The number of aromatic nitrogens is 2. The quantitative estimate of drug-likeness (QED) is 0.129. The first-order chi connectivity index (χ1) is 21.6. The fourth-order valence-electron chi connectivity index (χ4n) is 6.42. The van der Waals surface area contributed by atoms with Crippen LogP contribution in [0.15, 0.2) is 52.6 Å². The maximum Gasteiger partial charge on any atom is 0.335 e. The standard InChI is InChI=1S/C30H40Cl2N4O6S3Si/c1-17(2)46(18(3)4,19(5)6)42-25-13-21(12-24(25)41-45(39,40)33-7)36-30-23(15-34-16-35-30)28(37)26-14-27(29(32)43-26)44(38)22-10-8-9-20(31)11-22/h8-11,14-19,21,24-25,33H,12-13H2,1-7H3,(H,34,35,36)/t21-,24+,25-,44?/m0/s1. The number of nitrogens with zero attached hydrogens (tertiary/aromatic N) is 2. The van der Waals surface area contributed by atoms with E-state index in [1.54, 1.807) is 24.3 Å². The van der Waals surface area contributed by atoms with Crippen LogP contribution < -0.4 is 10.0 Å². The van der Waals surface area contributed by atoms with Gasteiger partial charge in [-0.15, -0.1) is 11.3 Å². The van der Waals surface area contributed by atoms with Crippen molar-refractivity contribution in [2.75, 3.05) is 12.4 Å². The number of ketones is 1. The van der Waals surface area contributed by atoms with Crippen molar-refractivity contribution >= 4 is 75.6 Å². The lowest BCUT2D eigenvalue weighted by Gasteiger charge is -2.44. The van der Waals surface area contributed by atoms with Gasteiger partial charge in [-0.3, -0.25) is 8.98 Å². The molecule has 1 aliphatic carbocycles. The van der Waals surface area contributed by atoms with Gasteiger partial charge in [-0.25, -0.2) is 14.2 Å². The van der Waals surface area contributed by atoms with E-state index in [1.807, 2.05) is 0 Å². The summed E-state index contributed by atoms with van der Waals surface area (Å²) in [6, 6.07) is 7.84. The molecular formula is C30H40Cl2N4O6S3Si. The molecule has 10 nitrogen and oxygen atoms in total. The summed E-state index contributed by atoms with van der Waals surface area (Å²) >= 11 is 13.6. The summed E-state index contributed by atoms with van der Waals surface area (Å²) < 4.78 is 53.4. The molecule has 3 aromatic rings. The largest absolute Gasteiger partial charge is 0.410 e. The molecule has 1 unspecified atom stereocenters. The average Bonchev–Trinajstić information content (AvgIpc) is 3.56. The van der Waals surface area contributed by atoms with Crippen molar-refractivity contribution in [1.29, 1.82) is 0 Å². The van der Waals surface area contributed by atoms with Crippen LogP contribution >= 0.6 is 34.5 Å². The Hall–Kier alpha value is -1.75. The minimum Gasteiger partial charge on any atom is -0.410 e. The topological polar surface area (TPSA) is 137 Å². The van der Waals surface area contributed by atoms with E-state index in [1.165, 1.54) is 25.6 Å². The zero-order chi connectivity index (χ0) is 34.0. The maximum absolute atomic E-state index is 13.8. The Kier molecular flexibility index (Phi) is 12.3. The molecule has 46 heavy (non-hydrogen) atoms. The number of nitrogens with one attached hydrogen (secondary N) is 2. The SMILES string of the molecule is CNS(=O)(=O)O[C@@H]1C[C@H](Nc2ncncc2C(=O)c2cc(S(=O)c3cccc(Cl)c3)c(Cl)s2)C[C@@H]1O[Si](C(C)C)(C(C)C)C(C)C. The zero-order valence-electron chi connectivity index (χ0n) is 26.7. The first-order valence-corrected chi connectivity index (χ1v) is 21.2. The van der Waals surface area contributed by atoms with Crippen LogP contribution in [-0.4, -0.2) is 62.0 Å². The Labute approximate surface area is 288 Å². The van der Waals surface area contributed by atoms with Gasteiger partial charge in [0, 0.05) is 29.2 Å². The van der Waals surface area contributed by atoms with Crippen molar-refractivity contribution in [3.63, 3.8) is 0 Å². The fraction of sp³-hybridized carbons (Fsp3) is 0.500. The minimum absolute atomic E-state index is 0.195. The Morgan fingerprint density at radius 1 is 1.07 bits per heavy atom. The molecule has 2 aromatic heterocycles. The Balaban J connectivity index is 1.61. The number of thiophene rings is 1. The highest BCUT2D eigenvalue weighted by atomic mass is 35.5. The molecule has 0 saturated heterocycles. The normalized spacial score (nSPS) is 19.7. The second kappa shape index (κ2) is 15.2. The van der Waals surface area contributed by atoms with E-state index in [0.29, 0.717) is 27.7 Å². The molecule has 252 valence electrons. The lowest BCUT2D eigenvalue weighted by molar-refractivity contribution is 0.0678. The summed E-state index contributed by atoms with van der Waals surface area (Å²) in [6.45, 7) is 13.0. The Morgan fingerprint density at radius 3 is 2.33 bits per heavy atom. The maximum atomic E-state index is 13.8. The number of hydrogen-bond acceptors (Lipinski definition) is 10. The second-order valence-corrected chi connectivity index (χ2v) is 22.6. The van der Waals surface area contributed by atoms with Gasteiger partial charge in [0.2, 0.25) is 14.1 Å². The van der Waals surface area contributed by atoms with Gasteiger partial charge in [-0.2, -0.15) is 13.1 Å². The molecule has 2 N–H and O–H groups in total. The van der Waals surface area contributed by atoms with Crippen LogP contribution in [0, 0.1) is 0 Å². The molecular weight excluding hydrogens is 708 g/mol. The van der Waals surface area contributed by atoms with Crippen molar-refractivity contribution < 1.29 is 26.0 Å². The lowest BCUT2D eigenvalue weighted by atomic mass is 10.1. The van der Waals surface area contributed by atoms with E-state index >= 15 is 0 Å². The molecule has 4 atom stereocenters. The van der Waals surface area contributed by atoms with Crippen LogP contribution in [0.5, 0.6) is 0 Å². The lowest BCUT2D eigenvalue weighted by Crippen LogP contribution is -2.52. The highest BCUT2D eigenvalue weighted by Gasteiger charge is 2.50. The van der Waals surface area contributed by atoms with Crippen molar-refractivity contribution in [3.8, 4) is 0 Å². The third-order valence-electron chi connectivity index (χ3n) is 8.40. The molecule has 1 saturated carbocycles. The Morgan fingerprint density at radius 2 is 1.72 bits per heavy atom. The number of carbonyl (C=O) groups excluding carboxylic acids is 1. The molecule has 0 amide bonds. The van der Waals surface area contributed by atoms with Gasteiger partial charge >= 0.3 is 10.3 Å². The van der Waals surface area contributed by atoms with Gasteiger partial charge in [0.15, 0.2) is 0 Å². The number of anilines is 1. The fourth-order valence-corrected chi connectivity index (χ4v) is 15.6. The average molecular weight is 748 g/mol. The van der Waals surface area contributed by atoms with E-state index in [4.69, 9.17) is 31.8 Å². The second-order valence-electron chi connectivity index (χ2n) is 12.2. The molecule has 1 aromatic carbocycles. The van der Waals surface area contributed by atoms with Crippen molar-refractivity contribution in [1.82, 2.24) is 14.7 Å². The summed E-state index contributed by atoms with van der Waals surface area (Å²) in [6.07, 6.45) is 2.23. The third kappa shape index (κ3) is 8.09. The van der Waals surface area contributed by atoms with Crippen LogP contribution in [-0.2, 0) is 29.7 Å². The van der Waals surface area contributed by atoms with E-state index in [-0.39, 0.29) is 43.3 Å². The van der Waals surface area contributed by atoms with Crippen LogP contribution in [0.3, 0.4) is 0 Å². The molecule has 0 radical (unpaired) electrons. The first kappa shape index (κ1) is 37.1. The molecule has 0 bridgehead atoms. The predicted octanol–water partition coefficient (Wildman–Crippen LogP) is 7.23. The number of halogens is 2. The highest BCUT2D eigenvalue weighted by Crippen LogP contribution is 2.45. The van der Waals surface area contributed by atoms with Gasteiger partial charge < -0.3 is 9.74 Å². The summed E-state index contributed by atoms with van der Waals surface area (Å²) in [7, 11) is -6.75. The van der Waals surface area contributed by atoms with E-state index in [9.17, 15) is 17.4 Å². The number of benzene rings is 1. The monoisotopic (exact) mass is 746 g/mol. The zero-order valence-corrected chi connectivity index (χ0v) is 31.7. The van der Waals surface area contributed by atoms with E-state index in [2.05, 4.69) is 61.5 Å². The summed E-state index contributed by atoms with van der Waals surface area (Å²) in [4.78, 5) is 23.2. The van der Waals surface area contributed by atoms with Gasteiger partial charge in [-0.05, 0) is 53.7 Å². The molecule has 1 fully saturated rings. The van der Waals surface area contributed by atoms with Gasteiger partial charge in [-0.1, -0.05) is 70.8 Å². The van der Waals surface area contributed by atoms with Crippen LogP contribution in [0.4, 0.5) is 5.82 Å². The summed E-state index contributed by atoms with van der Waals surface area (Å²) in [5, 5.41) is 3.78. The van der Waals surface area contributed by atoms with Crippen molar-refractivity contribution in [3.05, 3.63) is 62.7 Å². The van der Waals surface area contributed by atoms with Gasteiger partial charge in [0.25, 0.3) is 0 Å². The molecule has 0 spiro atoms. The van der Waals surface area contributed by atoms with E-state index < -0.39 is 47.4 Å². The van der Waals surface area contributed by atoms with Crippen molar-refractivity contribution in [2.24, 2.45) is 0 Å². The number of carbonyl (C=O) groups is 1. The van der Waals surface area contributed by atoms with Crippen molar-refractivity contribution in [2.45, 2.75) is 99.0 Å². The molecule has 2 heterocycles. The van der Waals surface area contributed by atoms with E-state index in [0.717, 1.165) is 11.3 Å². The molecule has 16 heteroatoms. The first-order valence-electron chi connectivity index (χ1n) is 15.0.